The number of halogens is 3. The Balaban J connectivity index is 1.48. The molecule has 158 valence electrons. The van der Waals surface area contributed by atoms with Crippen LogP contribution in [0.2, 0.25) is 0 Å². The van der Waals surface area contributed by atoms with Crippen molar-refractivity contribution < 1.29 is 22.6 Å². The zero-order valence-corrected chi connectivity index (χ0v) is 16.9. The van der Waals surface area contributed by atoms with Gasteiger partial charge in [0.25, 0.3) is 0 Å². The molecule has 2 aromatic rings. The second-order valence-corrected chi connectivity index (χ2v) is 7.80. The molecule has 1 saturated heterocycles. The van der Waals surface area contributed by atoms with Crippen LogP contribution in [0.1, 0.15) is 63.7 Å². The van der Waals surface area contributed by atoms with E-state index in [-0.39, 0.29) is 5.56 Å². The van der Waals surface area contributed by atoms with Gasteiger partial charge in [0, 0.05) is 11.5 Å². The van der Waals surface area contributed by atoms with Crippen LogP contribution in [0, 0.1) is 23.4 Å². The fourth-order valence-corrected chi connectivity index (χ4v) is 3.67. The summed E-state index contributed by atoms with van der Waals surface area (Å²) in [6.45, 7) is 3.58. The Hall–Kier alpha value is -1.85. The first-order valence-corrected chi connectivity index (χ1v) is 10.6. The maximum atomic E-state index is 13.4. The summed E-state index contributed by atoms with van der Waals surface area (Å²) in [6.07, 6.45) is 8.40. The Morgan fingerprint density at radius 1 is 0.793 bits per heavy atom. The summed E-state index contributed by atoms with van der Waals surface area (Å²) in [5.74, 6) is -3.41. The number of benzene rings is 2. The molecule has 0 aromatic heterocycles. The van der Waals surface area contributed by atoms with Crippen LogP contribution in [0.25, 0.3) is 11.1 Å². The lowest BCUT2D eigenvalue weighted by Gasteiger charge is -2.29. The van der Waals surface area contributed by atoms with Crippen LogP contribution in [-0.2, 0) is 9.47 Å². The van der Waals surface area contributed by atoms with Crippen LogP contribution in [0.3, 0.4) is 0 Å². The Kier molecular flexibility index (Phi) is 8.13. The first-order valence-electron chi connectivity index (χ1n) is 10.6. The predicted octanol–water partition coefficient (Wildman–Crippen LogP) is 7.18. The summed E-state index contributed by atoms with van der Waals surface area (Å²) in [6, 6.07) is 9.08. The Bertz CT molecular complexity index is 745. The van der Waals surface area contributed by atoms with E-state index in [0.717, 1.165) is 24.1 Å². The van der Waals surface area contributed by atoms with Crippen molar-refractivity contribution >= 4 is 0 Å². The lowest BCUT2D eigenvalue weighted by atomic mass is 10.0. The van der Waals surface area contributed by atoms with Gasteiger partial charge in [0.2, 0.25) is 0 Å². The molecule has 0 unspecified atom stereocenters. The molecule has 0 bridgehead atoms. The minimum Gasteiger partial charge on any atom is -0.348 e. The minimum absolute atomic E-state index is 0.289. The van der Waals surface area contributed by atoms with Crippen LogP contribution in [0.15, 0.2) is 36.4 Å². The van der Waals surface area contributed by atoms with Crippen molar-refractivity contribution in [3.05, 3.63) is 59.4 Å². The van der Waals surface area contributed by atoms with Gasteiger partial charge in [0.05, 0.1) is 13.2 Å². The number of unbranched alkanes of at least 4 members (excludes halogenated alkanes) is 5. The molecule has 3 rings (SSSR count). The van der Waals surface area contributed by atoms with Gasteiger partial charge < -0.3 is 9.47 Å². The largest absolute Gasteiger partial charge is 0.348 e. The standard InChI is InChI=1S/C24H29F3O2/c1-2-3-4-5-6-7-8-17-15-28-24(29-16-17)19-11-9-18(10-12-19)20-13-21(25)23(27)22(26)14-20/h9-14,17,24H,2-8,15-16H2,1H3. The quantitative estimate of drug-likeness (QED) is 0.324. The molecule has 0 aliphatic carbocycles. The normalized spacial score (nSPS) is 19.4. The number of hydrogen-bond acceptors (Lipinski definition) is 2. The first-order chi connectivity index (χ1) is 14.1. The third-order valence-electron chi connectivity index (χ3n) is 5.43. The van der Waals surface area contributed by atoms with E-state index in [1.165, 1.54) is 38.5 Å². The molecule has 1 fully saturated rings. The molecule has 1 aliphatic rings. The maximum absolute atomic E-state index is 13.4. The molecular formula is C24H29F3O2. The van der Waals surface area contributed by atoms with Gasteiger partial charge in [-0.3, -0.25) is 0 Å². The van der Waals surface area contributed by atoms with Crippen molar-refractivity contribution in [1.29, 1.82) is 0 Å². The molecule has 0 atom stereocenters. The Morgan fingerprint density at radius 3 is 2.00 bits per heavy atom. The average Bonchev–Trinajstić information content (AvgIpc) is 2.75. The Morgan fingerprint density at radius 2 is 1.38 bits per heavy atom. The van der Waals surface area contributed by atoms with Crippen molar-refractivity contribution in [2.24, 2.45) is 5.92 Å². The van der Waals surface area contributed by atoms with Crippen LogP contribution in [0.5, 0.6) is 0 Å². The van der Waals surface area contributed by atoms with Crippen molar-refractivity contribution in [1.82, 2.24) is 0 Å². The molecule has 2 aromatic carbocycles. The van der Waals surface area contributed by atoms with E-state index in [2.05, 4.69) is 6.92 Å². The number of ether oxygens (including phenoxy) is 2. The van der Waals surface area contributed by atoms with E-state index >= 15 is 0 Å². The second kappa shape index (κ2) is 10.8. The van der Waals surface area contributed by atoms with Crippen LogP contribution >= 0.6 is 0 Å². The zero-order chi connectivity index (χ0) is 20.6. The molecule has 1 heterocycles. The molecule has 0 N–H and O–H groups in total. The fraction of sp³-hybridized carbons (Fsp3) is 0.500. The van der Waals surface area contributed by atoms with Crippen molar-refractivity contribution in [2.45, 2.75) is 58.2 Å². The number of rotatable bonds is 9. The van der Waals surface area contributed by atoms with E-state index in [1.807, 2.05) is 12.1 Å². The smallest absolute Gasteiger partial charge is 0.194 e. The van der Waals surface area contributed by atoms with Gasteiger partial charge in [-0.05, 0) is 29.7 Å². The van der Waals surface area contributed by atoms with E-state index in [4.69, 9.17) is 9.47 Å². The van der Waals surface area contributed by atoms with E-state index in [9.17, 15) is 13.2 Å². The number of hydrogen-bond donors (Lipinski definition) is 0. The summed E-state index contributed by atoms with van der Waals surface area (Å²) in [4.78, 5) is 0. The van der Waals surface area contributed by atoms with Crippen molar-refractivity contribution in [2.75, 3.05) is 13.2 Å². The van der Waals surface area contributed by atoms with Crippen LogP contribution in [-0.4, -0.2) is 13.2 Å². The van der Waals surface area contributed by atoms with Crippen molar-refractivity contribution in [3.8, 4) is 11.1 Å². The predicted molar refractivity (Wildman–Crippen MR) is 108 cm³/mol. The molecule has 0 radical (unpaired) electrons. The molecule has 1 aliphatic heterocycles. The van der Waals surface area contributed by atoms with Gasteiger partial charge in [-0.15, -0.1) is 0 Å². The van der Waals surface area contributed by atoms with Gasteiger partial charge in [-0.2, -0.15) is 0 Å². The molecule has 2 nitrogen and oxygen atoms in total. The summed E-state index contributed by atoms with van der Waals surface area (Å²) < 4.78 is 51.8. The molecule has 5 heteroatoms. The fourth-order valence-electron chi connectivity index (χ4n) is 3.67. The zero-order valence-electron chi connectivity index (χ0n) is 16.9. The molecule has 0 saturated carbocycles. The average molecular weight is 406 g/mol. The summed E-state index contributed by atoms with van der Waals surface area (Å²) >= 11 is 0. The highest BCUT2D eigenvalue weighted by atomic mass is 19.2. The monoisotopic (exact) mass is 406 g/mol. The van der Waals surface area contributed by atoms with E-state index in [0.29, 0.717) is 24.7 Å². The van der Waals surface area contributed by atoms with Gasteiger partial charge in [0.1, 0.15) is 0 Å². The summed E-state index contributed by atoms with van der Waals surface area (Å²) in [5.41, 5.74) is 1.75. The SMILES string of the molecule is CCCCCCCCC1COC(c2ccc(-c3cc(F)c(F)c(F)c3)cc2)OC1. The topological polar surface area (TPSA) is 18.5 Å². The molecular weight excluding hydrogens is 377 g/mol. The minimum atomic E-state index is -1.45. The molecule has 0 spiro atoms. The van der Waals surface area contributed by atoms with Gasteiger partial charge in [0.15, 0.2) is 23.7 Å². The highest BCUT2D eigenvalue weighted by Crippen LogP contribution is 2.30. The van der Waals surface area contributed by atoms with Gasteiger partial charge >= 0.3 is 0 Å². The third-order valence-corrected chi connectivity index (χ3v) is 5.43. The highest BCUT2D eigenvalue weighted by Gasteiger charge is 2.23. The molecule has 29 heavy (non-hydrogen) atoms. The third kappa shape index (κ3) is 6.06. The van der Waals surface area contributed by atoms with Crippen molar-refractivity contribution in [3.63, 3.8) is 0 Å². The van der Waals surface area contributed by atoms with E-state index in [1.54, 1.807) is 12.1 Å². The van der Waals surface area contributed by atoms with Crippen LogP contribution < -0.4 is 0 Å². The highest BCUT2D eigenvalue weighted by molar-refractivity contribution is 5.64. The second-order valence-electron chi connectivity index (χ2n) is 7.80. The lowest BCUT2D eigenvalue weighted by Crippen LogP contribution is -2.27. The van der Waals surface area contributed by atoms with Crippen LogP contribution in [0.4, 0.5) is 13.2 Å². The Labute approximate surface area is 171 Å². The summed E-state index contributed by atoms with van der Waals surface area (Å²) in [7, 11) is 0. The maximum Gasteiger partial charge on any atom is 0.194 e. The van der Waals surface area contributed by atoms with E-state index < -0.39 is 23.7 Å². The van der Waals surface area contributed by atoms with Gasteiger partial charge in [-0.1, -0.05) is 69.7 Å². The first kappa shape index (κ1) is 21.8. The van der Waals surface area contributed by atoms with Gasteiger partial charge in [-0.25, -0.2) is 13.2 Å². The summed E-state index contributed by atoms with van der Waals surface area (Å²) in [5, 5.41) is 0. The lowest BCUT2D eigenvalue weighted by molar-refractivity contribution is -0.206. The molecule has 0 amide bonds.